The molecule has 10 nitrogen and oxygen atoms in total. The fourth-order valence-electron chi connectivity index (χ4n) is 2.55. The second-order valence-electron chi connectivity index (χ2n) is 5.95. The number of imide groups is 1. The Bertz CT molecular complexity index is 1050. The van der Waals surface area contributed by atoms with Gasteiger partial charge in [0.15, 0.2) is 0 Å². The van der Waals surface area contributed by atoms with E-state index in [4.69, 9.17) is 4.74 Å². The van der Waals surface area contributed by atoms with Crippen LogP contribution < -0.4 is 10.6 Å². The highest BCUT2D eigenvalue weighted by atomic mass is 16.5. The van der Waals surface area contributed by atoms with Crippen LogP contribution in [-0.2, 0) is 9.53 Å². The monoisotopic (exact) mass is 382 g/mol. The van der Waals surface area contributed by atoms with Gasteiger partial charge in [0.2, 0.25) is 6.10 Å². The summed E-state index contributed by atoms with van der Waals surface area (Å²) in [6.45, 7) is 3.60. The highest BCUT2D eigenvalue weighted by Gasteiger charge is 2.28. The molecule has 2 N–H and O–H groups in total. The number of rotatable bonds is 4. The largest absolute Gasteiger partial charge is 0.441 e. The lowest BCUT2D eigenvalue weighted by Crippen LogP contribution is -2.41. The van der Waals surface area contributed by atoms with Gasteiger partial charge in [-0.1, -0.05) is 30.3 Å². The maximum Gasteiger partial charge on any atom is 0.379 e. The van der Waals surface area contributed by atoms with Crippen molar-refractivity contribution in [3.63, 3.8) is 0 Å². The molecule has 2 aromatic heterocycles. The number of ether oxygens (including phenoxy) is 1. The number of esters is 1. The number of urea groups is 1. The molecule has 1 atom stereocenters. The summed E-state index contributed by atoms with van der Waals surface area (Å²) in [6.07, 6.45) is -1.35. The first-order valence-corrected chi connectivity index (χ1v) is 8.38. The first-order valence-electron chi connectivity index (χ1n) is 8.38. The van der Waals surface area contributed by atoms with E-state index < -0.39 is 24.0 Å². The van der Waals surface area contributed by atoms with Crippen LogP contribution in [-0.4, -0.2) is 44.5 Å². The lowest BCUT2D eigenvalue weighted by molar-refractivity contribution is -0.129. The van der Waals surface area contributed by atoms with E-state index in [1.807, 2.05) is 0 Å². The Hall–Kier alpha value is -3.82. The molecule has 10 heteroatoms. The average Bonchev–Trinajstić information content (AvgIpc) is 3.11. The quantitative estimate of drug-likeness (QED) is 0.647. The standard InChI is InChI=1S/C18H18N6O4/c1-10-9-11(2)24-17(20-10)21-14(23-24)16(26)28-13(12-7-5-4-6-8-12)15(25)22-18(27)19-3/h4-9,13H,1-3H3,(H2,19,22,25,27)/t13-/m1/s1. The van der Waals surface area contributed by atoms with Gasteiger partial charge in [-0.25, -0.2) is 19.1 Å². The number of hydrogen-bond donors (Lipinski definition) is 2. The molecule has 3 amide bonds. The number of fused-ring (bicyclic) bond motifs is 1. The van der Waals surface area contributed by atoms with Crippen LogP contribution in [0.25, 0.3) is 5.78 Å². The molecule has 0 aliphatic rings. The minimum absolute atomic E-state index is 0.241. The molecule has 0 fully saturated rings. The highest BCUT2D eigenvalue weighted by molar-refractivity contribution is 5.98. The highest BCUT2D eigenvalue weighted by Crippen LogP contribution is 2.19. The normalized spacial score (nSPS) is 11.7. The number of carbonyl (C=O) groups is 3. The summed E-state index contributed by atoms with van der Waals surface area (Å²) >= 11 is 0. The predicted molar refractivity (Wildman–Crippen MR) is 97.5 cm³/mol. The molecule has 0 aliphatic heterocycles. The summed E-state index contributed by atoms with van der Waals surface area (Å²) in [4.78, 5) is 44.8. The van der Waals surface area contributed by atoms with Crippen molar-refractivity contribution in [3.8, 4) is 0 Å². The number of hydrogen-bond acceptors (Lipinski definition) is 7. The van der Waals surface area contributed by atoms with Gasteiger partial charge in [0.05, 0.1) is 0 Å². The summed E-state index contributed by atoms with van der Waals surface area (Å²) in [5.74, 6) is -1.71. The molecular formula is C18H18N6O4. The molecule has 144 valence electrons. The molecule has 0 bridgehead atoms. The smallest absolute Gasteiger partial charge is 0.379 e. The fourth-order valence-corrected chi connectivity index (χ4v) is 2.55. The van der Waals surface area contributed by atoms with Crippen LogP contribution in [0.2, 0.25) is 0 Å². The van der Waals surface area contributed by atoms with Gasteiger partial charge in [0.1, 0.15) is 0 Å². The Balaban J connectivity index is 1.90. The molecule has 0 aliphatic carbocycles. The van der Waals surface area contributed by atoms with Gasteiger partial charge in [-0.3, -0.25) is 10.1 Å². The molecular weight excluding hydrogens is 364 g/mol. The molecule has 28 heavy (non-hydrogen) atoms. The van der Waals surface area contributed by atoms with Crippen LogP contribution in [0.15, 0.2) is 36.4 Å². The van der Waals surface area contributed by atoms with E-state index in [9.17, 15) is 14.4 Å². The van der Waals surface area contributed by atoms with E-state index in [1.54, 1.807) is 50.2 Å². The molecule has 2 heterocycles. The Morgan fingerprint density at radius 3 is 2.50 bits per heavy atom. The van der Waals surface area contributed by atoms with Gasteiger partial charge in [-0.15, -0.1) is 5.10 Å². The summed E-state index contributed by atoms with van der Waals surface area (Å²) in [6, 6.07) is 9.40. The zero-order chi connectivity index (χ0) is 20.3. The van der Waals surface area contributed by atoms with Gasteiger partial charge in [0, 0.05) is 24.0 Å². The lowest BCUT2D eigenvalue weighted by Gasteiger charge is -2.16. The van der Waals surface area contributed by atoms with Gasteiger partial charge in [-0.2, -0.15) is 4.98 Å². The topological polar surface area (TPSA) is 128 Å². The van der Waals surface area contributed by atoms with Crippen LogP contribution in [0.3, 0.4) is 0 Å². The van der Waals surface area contributed by atoms with E-state index in [0.717, 1.165) is 11.4 Å². The van der Waals surface area contributed by atoms with Crippen LogP contribution in [0, 0.1) is 13.8 Å². The van der Waals surface area contributed by atoms with Crippen LogP contribution in [0.1, 0.15) is 33.7 Å². The third-order valence-electron chi connectivity index (χ3n) is 3.83. The summed E-state index contributed by atoms with van der Waals surface area (Å²) < 4.78 is 6.74. The first-order chi connectivity index (χ1) is 13.4. The number of nitrogens with one attached hydrogen (secondary N) is 2. The van der Waals surface area contributed by atoms with E-state index in [0.29, 0.717) is 5.56 Å². The zero-order valence-corrected chi connectivity index (χ0v) is 15.5. The molecule has 3 rings (SSSR count). The summed E-state index contributed by atoms with van der Waals surface area (Å²) in [5.41, 5.74) is 1.86. The van der Waals surface area contributed by atoms with Gasteiger partial charge in [-0.05, 0) is 19.9 Å². The summed E-state index contributed by atoms with van der Waals surface area (Å²) in [5, 5.41) is 8.47. The van der Waals surface area contributed by atoms with E-state index in [-0.39, 0.29) is 11.6 Å². The lowest BCUT2D eigenvalue weighted by atomic mass is 10.1. The van der Waals surface area contributed by atoms with Crippen LogP contribution >= 0.6 is 0 Å². The predicted octanol–water partition coefficient (Wildman–Crippen LogP) is 1.09. The van der Waals surface area contributed by atoms with Crippen molar-refractivity contribution < 1.29 is 19.1 Å². The zero-order valence-electron chi connectivity index (χ0n) is 15.5. The average molecular weight is 382 g/mol. The van der Waals surface area contributed by atoms with Crippen molar-refractivity contribution in [2.75, 3.05) is 7.05 Å². The first kappa shape index (κ1) is 19.0. The maximum atomic E-state index is 12.6. The molecule has 0 spiro atoms. The van der Waals surface area contributed by atoms with Crippen molar-refractivity contribution >= 4 is 23.7 Å². The van der Waals surface area contributed by atoms with Crippen molar-refractivity contribution in [1.82, 2.24) is 30.2 Å². The molecule has 0 saturated heterocycles. The Morgan fingerprint density at radius 1 is 1.11 bits per heavy atom. The SMILES string of the molecule is CNC(=O)NC(=O)[C@H](OC(=O)c1nc2nc(C)cc(C)n2n1)c1ccccc1. The number of aryl methyl sites for hydroxylation is 2. The van der Waals surface area contributed by atoms with Crippen molar-refractivity contribution in [2.45, 2.75) is 20.0 Å². The molecule has 3 aromatic rings. The number of nitrogens with zero attached hydrogens (tertiary/aromatic N) is 4. The molecule has 0 radical (unpaired) electrons. The number of benzene rings is 1. The Kier molecular flexibility index (Phi) is 5.30. The minimum Gasteiger partial charge on any atom is -0.441 e. The van der Waals surface area contributed by atoms with Gasteiger partial charge in [0.25, 0.3) is 17.5 Å². The third kappa shape index (κ3) is 3.95. The number of amides is 3. The Labute approximate surface area is 159 Å². The molecule has 0 unspecified atom stereocenters. The maximum absolute atomic E-state index is 12.6. The summed E-state index contributed by atoms with van der Waals surface area (Å²) in [7, 11) is 1.37. The van der Waals surface area contributed by atoms with Crippen molar-refractivity contribution in [1.29, 1.82) is 0 Å². The number of carbonyl (C=O) groups excluding carboxylic acids is 3. The van der Waals surface area contributed by atoms with Gasteiger partial charge >= 0.3 is 12.0 Å². The van der Waals surface area contributed by atoms with Crippen LogP contribution in [0.4, 0.5) is 4.79 Å². The van der Waals surface area contributed by atoms with Crippen LogP contribution in [0.5, 0.6) is 0 Å². The second kappa shape index (κ2) is 7.82. The fraction of sp³-hybridized carbons (Fsp3) is 0.222. The van der Waals surface area contributed by atoms with E-state index in [1.165, 1.54) is 11.6 Å². The molecule has 0 saturated carbocycles. The number of aromatic nitrogens is 4. The Morgan fingerprint density at radius 2 is 1.82 bits per heavy atom. The van der Waals surface area contributed by atoms with E-state index >= 15 is 0 Å². The molecule has 1 aromatic carbocycles. The van der Waals surface area contributed by atoms with Gasteiger partial charge < -0.3 is 10.1 Å². The van der Waals surface area contributed by atoms with Crippen molar-refractivity contribution in [2.24, 2.45) is 0 Å². The second-order valence-corrected chi connectivity index (χ2v) is 5.95. The third-order valence-corrected chi connectivity index (χ3v) is 3.83. The van der Waals surface area contributed by atoms with E-state index in [2.05, 4.69) is 25.7 Å². The minimum atomic E-state index is -1.35. The van der Waals surface area contributed by atoms with Crippen molar-refractivity contribution in [3.05, 3.63) is 59.2 Å².